The highest BCUT2D eigenvalue weighted by Crippen LogP contribution is 2.31. The SMILES string of the molecule is CN(CC(=O)O)C(=O)c1cc(I)cc(C(F)(F)F)c1. The molecule has 0 atom stereocenters. The molecule has 0 saturated heterocycles. The Labute approximate surface area is 120 Å². The van der Waals surface area contributed by atoms with Gasteiger partial charge in [0, 0.05) is 16.2 Å². The van der Waals surface area contributed by atoms with E-state index in [0.29, 0.717) is 6.07 Å². The van der Waals surface area contributed by atoms with Crippen LogP contribution >= 0.6 is 22.6 Å². The first-order chi connectivity index (χ1) is 8.61. The fraction of sp³-hybridized carbons (Fsp3) is 0.273. The van der Waals surface area contributed by atoms with Crippen LogP contribution in [-0.2, 0) is 11.0 Å². The lowest BCUT2D eigenvalue weighted by molar-refractivity contribution is -0.138. The van der Waals surface area contributed by atoms with Crippen LogP contribution in [0.1, 0.15) is 15.9 Å². The molecule has 1 rings (SSSR count). The summed E-state index contributed by atoms with van der Waals surface area (Å²) in [4.78, 5) is 23.1. The fourth-order valence-corrected chi connectivity index (χ4v) is 2.04. The van der Waals surface area contributed by atoms with Gasteiger partial charge in [0.15, 0.2) is 0 Å². The minimum atomic E-state index is -4.55. The van der Waals surface area contributed by atoms with E-state index in [1.807, 2.05) is 0 Å². The number of carboxylic acid groups (broad SMARTS) is 1. The molecular formula is C11H9F3INO3. The molecular weight excluding hydrogens is 378 g/mol. The lowest BCUT2D eigenvalue weighted by atomic mass is 10.1. The zero-order valence-corrected chi connectivity index (χ0v) is 11.8. The predicted molar refractivity (Wildman–Crippen MR) is 68.8 cm³/mol. The van der Waals surface area contributed by atoms with E-state index in [-0.39, 0.29) is 9.13 Å². The Hall–Kier alpha value is -1.32. The summed E-state index contributed by atoms with van der Waals surface area (Å²) in [6.07, 6.45) is -4.55. The summed E-state index contributed by atoms with van der Waals surface area (Å²) in [5.41, 5.74) is -1.13. The summed E-state index contributed by atoms with van der Waals surface area (Å²) >= 11 is 1.67. The summed E-state index contributed by atoms with van der Waals surface area (Å²) in [7, 11) is 1.21. The normalized spacial score (nSPS) is 11.2. The number of aliphatic carboxylic acids is 1. The van der Waals surface area contributed by atoms with Gasteiger partial charge in [-0.1, -0.05) is 0 Å². The number of carboxylic acids is 1. The second-order valence-corrected chi connectivity index (χ2v) is 5.03. The van der Waals surface area contributed by atoms with Gasteiger partial charge in [0.1, 0.15) is 6.54 Å². The van der Waals surface area contributed by atoms with Crippen LogP contribution in [0.4, 0.5) is 13.2 Å². The van der Waals surface area contributed by atoms with Gasteiger partial charge in [-0.25, -0.2) is 0 Å². The second-order valence-electron chi connectivity index (χ2n) is 3.78. The maximum Gasteiger partial charge on any atom is 0.416 e. The fourth-order valence-electron chi connectivity index (χ4n) is 1.37. The monoisotopic (exact) mass is 387 g/mol. The third-order valence-corrected chi connectivity index (χ3v) is 2.81. The van der Waals surface area contributed by atoms with Crippen molar-refractivity contribution in [3.63, 3.8) is 0 Å². The molecule has 4 nitrogen and oxygen atoms in total. The van der Waals surface area contributed by atoms with Crippen molar-refractivity contribution in [2.24, 2.45) is 0 Å². The van der Waals surface area contributed by atoms with Gasteiger partial charge in [-0.05, 0) is 40.8 Å². The van der Waals surface area contributed by atoms with Gasteiger partial charge in [-0.3, -0.25) is 9.59 Å². The molecule has 0 fully saturated rings. The number of halogens is 4. The minimum Gasteiger partial charge on any atom is -0.480 e. The Morgan fingerprint density at radius 1 is 1.32 bits per heavy atom. The van der Waals surface area contributed by atoms with Gasteiger partial charge >= 0.3 is 12.1 Å². The number of likely N-dealkylation sites (N-methyl/N-ethyl adjacent to an activating group) is 1. The Morgan fingerprint density at radius 2 is 1.89 bits per heavy atom. The average Bonchev–Trinajstić information content (AvgIpc) is 2.25. The van der Waals surface area contributed by atoms with E-state index in [9.17, 15) is 22.8 Å². The van der Waals surface area contributed by atoms with Gasteiger partial charge in [0.25, 0.3) is 5.91 Å². The Balaban J connectivity index is 3.10. The van der Waals surface area contributed by atoms with Crippen molar-refractivity contribution in [2.75, 3.05) is 13.6 Å². The van der Waals surface area contributed by atoms with Crippen LogP contribution in [-0.4, -0.2) is 35.5 Å². The molecule has 1 aromatic carbocycles. The average molecular weight is 387 g/mol. The predicted octanol–water partition coefficient (Wildman–Crippen LogP) is 2.47. The number of carbonyl (C=O) groups excluding carboxylic acids is 1. The van der Waals surface area contributed by atoms with Crippen molar-refractivity contribution in [3.05, 3.63) is 32.9 Å². The first-order valence-electron chi connectivity index (χ1n) is 4.96. The summed E-state index contributed by atoms with van der Waals surface area (Å²) in [5, 5.41) is 8.54. The number of rotatable bonds is 3. The zero-order valence-electron chi connectivity index (χ0n) is 9.66. The summed E-state index contributed by atoms with van der Waals surface area (Å²) in [6.45, 7) is -0.578. The Kier molecular flexibility index (Phi) is 4.77. The highest BCUT2D eigenvalue weighted by molar-refractivity contribution is 14.1. The molecule has 1 amide bonds. The van der Waals surface area contributed by atoms with Crippen LogP contribution in [0.25, 0.3) is 0 Å². The van der Waals surface area contributed by atoms with Crippen LogP contribution in [0.3, 0.4) is 0 Å². The van der Waals surface area contributed by atoms with E-state index in [0.717, 1.165) is 11.0 Å². The summed E-state index contributed by atoms with van der Waals surface area (Å²) in [5.74, 6) is -2.01. The number of benzene rings is 1. The van der Waals surface area contributed by atoms with Gasteiger partial charge in [0.05, 0.1) is 5.56 Å². The summed E-state index contributed by atoms with van der Waals surface area (Å²) in [6, 6.07) is 2.90. The van der Waals surface area contributed by atoms with Gasteiger partial charge in [-0.15, -0.1) is 0 Å². The highest BCUT2D eigenvalue weighted by atomic mass is 127. The van der Waals surface area contributed by atoms with Gasteiger partial charge < -0.3 is 10.0 Å². The van der Waals surface area contributed by atoms with E-state index in [2.05, 4.69) is 0 Å². The molecule has 1 N–H and O–H groups in total. The lowest BCUT2D eigenvalue weighted by Crippen LogP contribution is -2.32. The maximum atomic E-state index is 12.6. The zero-order chi connectivity index (χ0) is 14.8. The molecule has 0 bridgehead atoms. The first kappa shape index (κ1) is 15.7. The van der Waals surface area contributed by atoms with E-state index in [1.54, 1.807) is 22.6 Å². The Morgan fingerprint density at radius 3 is 2.37 bits per heavy atom. The third kappa shape index (κ3) is 4.37. The molecule has 0 unspecified atom stereocenters. The molecule has 0 heterocycles. The molecule has 104 valence electrons. The second kappa shape index (κ2) is 5.76. The minimum absolute atomic E-state index is 0.192. The molecule has 8 heteroatoms. The van der Waals surface area contributed by atoms with Crippen molar-refractivity contribution in [2.45, 2.75) is 6.18 Å². The Bertz CT molecular complexity index is 516. The van der Waals surface area contributed by atoms with Crippen molar-refractivity contribution in [1.29, 1.82) is 0 Å². The van der Waals surface area contributed by atoms with E-state index >= 15 is 0 Å². The van der Waals surface area contributed by atoms with Crippen LogP contribution in [0.15, 0.2) is 18.2 Å². The number of alkyl halides is 3. The standard InChI is InChI=1S/C11H9F3INO3/c1-16(5-9(17)18)10(19)6-2-7(11(12,13)14)4-8(15)3-6/h2-4H,5H2,1H3,(H,17,18). The topological polar surface area (TPSA) is 57.6 Å². The van der Waals surface area contributed by atoms with Gasteiger partial charge in [0.2, 0.25) is 0 Å². The molecule has 1 aromatic rings. The molecule has 0 aliphatic carbocycles. The van der Waals surface area contributed by atoms with Crippen LogP contribution in [0, 0.1) is 3.57 Å². The first-order valence-corrected chi connectivity index (χ1v) is 6.04. The van der Waals surface area contributed by atoms with Crippen LogP contribution in [0.2, 0.25) is 0 Å². The molecule has 0 saturated carbocycles. The van der Waals surface area contributed by atoms with E-state index in [4.69, 9.17) is 5.11 Å². The number of carbonyl (C=O) groups is 2. The number of amides is 1. The molecule has 0 aliphatic rings. The van der Waals surface area contributed by atoms with E-state index < -0.39 is 30.2 Å². The maximum absolute atomic E-state index is 12.6. The number of nitrogens with zero attached hydrogens (tertiary/aromatic N) is 1. The van der Waals surface area contributed by atoms with E-state index in [1.165, 1.54) is 13.1 Å². The number of hydrogen-bond acceptors (Lipinski definition) is 2. The molecule has 0 aliphatic heterocycles. The molecule has 0 spiro atoms. The van der Waals surface area contributed by atoms with Crippen molar-refractivity contribution >= 4 is 34.5 Å². The quantitative estimate of drug-likeness (QED) is 0.811. The van der Waals surface area contributed by atoms with Crippen molar-refractivity contribution in [1.82, 2.24) is 4.90 Å². The highest BCUT2D eigenvalue weighted by Gasteiger charge is 2.32. The lowest BCUT2D eigenvalue weighted by Gasteiger charge is -2.16. The molecule has 0 aromatic heterocycles. The molecule has 19 heavy (non-hydrogen) atoms. The smallest absolute Gasteiger partial charge is 0.416 e. The van der Waals surface area contributed by atoms with Crippen LogP contribution in [0.5, 0.6) is 0 Å². The van der Waals surface area contributed by atoms with Crippen molar-refractivity contribution < 1.29 is 27.9 Å². The third-order valence-electron chi connectivity index (χ3n) is 2.19. The summed E-state index contributed by atoms with van der Waals surface area (Å²) < 4.78 is 38.1. The van der Waals surface area contributed by atoms with Gasteiger partial charge in [-0.2, -0.15) is 13.2 Å². The number of hydrogen-bond donors (Lipinski definition) is 1. The van der Waals surface area contributed by atoms with Crippen LogP contribution < -0.4 is 0 Å². The molecule has 0 radical (unpaired) electrons. The van der Waals surface area contributed by atoms with Crippen molar-refractivity contribution in [3.8, 4) is 0 Å². The largest absolute Gasteiger partial charge is 0.480 e.